The number of aromatic nitrogens is 1. The van der Waals surface area contributed by atoms with Crippen LogP contribution in [0.1, 0.15) is 24.2 Å². The summed E-state index contributed by atoms with van der Waals surface area (Å²) in [6, 6.07) is 10.4. The average molecular weight is 419 g/mol. The van der Waals surface area contributed by atoms with Gasteiger partial charge in [-0.2, -0.15) is 4.99 Å². The van der Waals surface area contributed by atoms with E-state index in [1.807, 2.05) is 0 Å². The lowest BCUT2D eigenvalue weighted by Gasteiger charge is -2.07. The average Bonchev–Trinajstić information content (AvgIpc) is 3.00. The third kappa shape index (κ3) is 3.70. The maximum atomic E-state index is 14.2. The summed E-state index contributed by atoms with van der Waals surface area (Å²) >= 11 is 1.20. The molecule has 0 fully saturated rings. The van der Waals surface area contributed by atoms with Crippen LogP contribution in [0, 0.1) is 5.82 Å². The first-order valence-electron chi connectivity index (χ1n) is 8.57. The Hall–Kier alpha value is -2.58. The molecule has 5 nitrogen and oxygen atoms in total. The van der Waals surface area contributed by atoms with Gasteiger partial charge in [0.15, 0.2) is 14.6 Å². The lowest BCUT2D eigenvalue weighted by atomic mass is 10.2. The number of para-hydroxylation sites is 1. The molecule has 0 atom stereocenters. The van der Waals surface area contributed by atoms with E-state index in [1.165, 1.54) is 41.7 Å². The predicted molar refractivity (Wildman–Crippen MR) is 109 cm³/mol. The van der Waals surface area contributed by atoms with Gasteiger partial charge < -0.3 is 4.57 Å². The summed E-state index contributed by atoms with van der Waals surface area (Å²) in [5.41, 5.74) is 0.628. The number of fused-ring (bicyclic) bond motifs is 1. The van der Waals surface area contributed by atoms with Crippen molar-refractivity contribution in [2.75, 3.05) is 0 Å². The quantitative estimate of drug-likeness (QED) is 0.589. The van der Waals surface area contributed by atoms with Gasteiger partial charge >= 0.3 is 0 Å². The van der Waals surface area contributed by atoms with Crippen LogP contribution < -0.4 is 4.80 Å². The topological polar surface area (TPSA) is 68.5 Å². The van der Waals surface area contributed by atoms with E-state index in [0.717, 1.165) is 0 Å². The summed E-state index contributed by atoms with van der Waals surface area (Å²) in [6.45, 7) is 7.18. The van der Waals surface area contributed by atoms with Crippen molar-refractivity contribution in [3.8, 4) is 0 Å². The number of nitrogens with zero attached hydrogens (tertiary/aromatic N) is 2. The molecule has 1 heterocycles. The van der Waals surface area contributed by atoms with Gasteiger partial charge in [-0.3, -0.25) is 4.79 Å². The van der Waals surface area contributed by atoms with Crippen molar-refractivity contribution < 1.29 is 17.6 Å². The third-order valence-electron chi connectivity index (χ3n) is 4.21. The van der Waals surface area contributed by atoms with Crippen molar-refractivity contribution in [2.24, 2.45) is 4.99 Å². The van der Waals surface area contributed by atoms with E-state index in [-0.39, 0.29) is 10.5 Å². The second kappa shape index (κ2) is 7.81. The molecule has 0 bridgehead atoms. The summed E-state index contributed by atoms with van der Waals surface area (Å²) in [5, 5.41) is -0.551. The van der Waals surface area contributed by atoms with Crippen LogP contribution in [-0.4, -0.2) is 24.1 Å². The van der Waals surface area contributed by atoms with Gasteiger partial charge in [0.25, 0.3) is 5.91 Å². The zero-order chi connectivity index (χ0) is 20.5. The molecule has 2 aromatic carbocycles. The van der Waals surface area contributed by atoms with Gasteiger partial charge in [-0.05, 0) is 50.2 Å². The van der Waals surface area contributed by atoms with E-state index in [4.69, 9.17) is 0 Å². The molecule has 0 aliphatic heterocycles. The van der Waals surface area contributed by atoms with Gasteiger partial charge in [-0.15, -0.1) is 6.58 Å². The molecule has 0 radical (unpaired) electrons. The van der Waals surface area contributed by atoms with Crippen LogP contribution in [0.2, 0.25) is 0 Å². The Morgan fingerprint density at radius 1 is 1.25 bits per heavy atom. The van der Waals surface area contributed by atoms with Gasteiger partial charge in [0.2, 0.25) is 0 Å². The van der Waals surface area contributed by atoms with Crippen molar-refractivity contribution >= 4 is 37.3 Å². The number of allylic oxidation sites excluding steroid dienone is 1. The lowest BCUT2D eigenvalue weighted by Crippen LogP contribution is -2.17. The smallest absolute Gasteiger partial charge is 0.279 e. The molecular formula is C20H19FN2O3S2. The standard InChI is InChI=1S/C20H19FN2O3S2/c1-4-12-23-18-16(21)6-5-7-17(18)27-20(23)22-19(24)14-8-10-15(11-9-14)28(25,26)13(2)3/h4-11,13H,1,12H2,2-3H3. The van der Waals surface area contributed by atoms with Crippen LogP contribution in [0.5, 0.6) is 0 Å². The third-order valence-corrected chi connectivity index (χ3v) is 7.43. The number of rotatable bonds is 5. The van der Waals surface area contributed by atoms with E-state index >= 15 is 0 Å². The fraction of sp³-hybridized carbons (Fsp3) is 0.200. The molecule has 0 saturated carbocycles. The number of benzene rings is 2. The van der Waals surface area contributed by atoms with Crippen LogP contribution in [0.4, 0.5) is 4.39 Å². The first-order valence-corrected chi connectivity index (χ1v) is 10.9. The van der Waals surface area contributed by atoms with Crippen LogP contribution >= 0.6 is 11.3 Å². The van der Waals surface area contributed by atoms with E-state index in [0.29, 0.717) is 21.6 Å². The normalized spacial score (nSPS) is 12.6. The Morgan fingerprint density at radius 3 is 2.54 bits per heavy atom. The summed E-state index contributed by atoms with van der Waals surface area (Å²) in [7, 11) is -3.41. The summed E-state index contributed by atoms with van der Waals surface area (Å²) in [6.07, 6.45) is 1.60. The number of hydrogen-bond acceptors (Lipinski definition) is 4. The molecule has 3 aromatic rings. The molecule has 8 heteroatoms. The molecule has 1 amide bonds. The summed E-state index contributed by atoms with van der Waals surface area (Å²) < 4.78 is 40.9. The maximum Gasteiger partial charge on any atom is 0.279 e. The van der Waals surface area contributed by atoms with E-state index in [2.05, 4.69) is 11.6 Å². The monoisotopic (exact) mass is 418 g/mol. The van der Waals surface area contributed by atoms with Gasteiger partial charge in [0.1, 0.15) is 5.82 Å². The highest BCUT2D eigenvalue weighted by Crippen LogP contribution is 2.21. The maximum absolute atomic E-state index is 14.2. The molecule has 0 aliphatic rings. The van der Waals surface area contributed by atoms with E-state index in [1.54, 1.807) is 36.6 Å². The minimum Gasteiger partial charge on any atom is -0.310 e. The van der Waals surface area contributed by atoms with Crippen molar-refractivity contribution in [3.63, 3.8) is 0 Å². The lowest BCUT2D eigenvalue weighted by molar-refractivity contribution is 0.0997. The molecule has 0 unspecified atom stereocenters. The Labute approximate surface area is 166 Å². The highest BCUT2D eigenvalue weighted by molar-refractivity contribution is 7.92. The second-order valence-electron chi connectivity index (χ2n) is 6.41. The van der Waals surface area contributed by atoms with Crippen LogP contribution in [0.15, 0.2) is 65.0 Å². The SMILES string of the molecule is C=CCn1c(=NC(=O)c2ccc(S(=O)(=O)C(C)C)cc2)sc2cccc(F)c21. The van der Waals surface area contributed by atoms with Gasteiger partial charge in [0, 0.05) is 12.1 Å². The van der Waals surface area contributed by atoms with Gasteiger partial charge in [-0.1, -0.05) is 23.5 Å². The van der Waals surface area contributed by atoms with Crippen LogP contribution in [0.3, 0.4) is 0 Å². The van der Waals surface area contributed by atoms with Crippen LogP contribution in [0.25, 0.3) is 10.2 Å². The highest BCUT2D eigenvalue weighted by Gasteiger charge is 2.19. The Balaban J connectivity index is 2.05. The zero-order valence-corrected chi connectivity index (χ0v) is 17.1. The zero-order valence-electron chi connectivity index (χ0n) is 15.4. The summed E-state index contributed by atoms with van der Waals surface area (Å²) in [5.74, 6) is -0.925. The van der Waals surface area contributed by atoms with Crippen molar-refractivity contribution in [3.05, 3.63) is 71.3 Å². The Kier molecular flexibility index (Phi) is 5.62. The van der Waals surface area contributed by atoms with E-state index in [9.17, 15) is 17.6 Å². The highest BCUT2D eigenvalue weighted by atomic mass is 32.2. The number of carbonyl (C=O) groups is 1. The second-order valence-corrected chi connectivity index (χ2v) is 9.92. The fourth-order valence-electron chi connectivity index (χ4n) is 2.68. The first kappa shape index (κ1) is 20.2. The Bertz CT molecular complexity index is 1220. The largest absolute Gasteiger partial charge is 0.310 e. The number of halogens is 1. The van der Waals surface area contributed by atoms with Crippen LogP contribution in [-0.2, 0) is 16.4 Å². The van der Waals surface area contributed by atoms with Crippen molar-refractivity contribution in [1.82, 2.24) is 4.57 Å². The number of sulfone groups is 1. The molecule has 1 aromatic heterocycles. The van der Waals surface area contributed by atoms with Gasteiger partial charge in [0.05, 0.1) is 20.4 Å². The molecule has 0 N–H and O–H groups in total. The number of hydrogen-bond donors (Lipinski definition) is 0. The fourth-order valence-corrected chi connectivity index (χ4v) is 4.79. The number of amides is 1. The molecule has 0 spiro atoms. The molecular weight excluding hydrogens is 399 g/mol. The summed E-state index contributed by atoms with van der Waals surface area (Å²) in [4.78, 5) is 17.2. The Morgan fingerprint density at radius 2 is 1.93 bits per heavy atom. The van der Waals surface area contributed by atoms with E-state index < -0.39 is 26.8 Å². The molecule has 28 heavy (non-hydrogen) atoms. The molecule has 0 saturated heterocycles. The van der Waals surface area contributed by atoms with Crippen molar-refractivity contribution in [1.29, 1.82) is 0 Å². The molecule has 3 rings (SSSR count). The number of thiazole rings is 1. The molecule has 0 aliphatic carbocycles. The minimum absolute atomic E-state index is 0.157. The minimum atomic E-state index is -3.41. The van der Waals surface area contributed by atoms with Gasteiger partial charge in [-0.25, -0.2) is 12.8 Å². The molecule has 146 valence electrons. The predicted octanol–water partition coefficient (Wildman–Crippen LogP) is 3.95. The van der Waals surface area contributed by atoms with Crippen molar-refractivity contribution in [2.45, 2.75) is 30.5 Å². The first-order chi connectivity index (χ1) is 13.3. The number of carbonyl (C=O) groups excluding carboxylic acids is 1.